The fraction of sp³-hybridized carbons (Fsp3) is 0.300. The molecular formula is C10H10F2N4. The number of halogens is 2. The van der Waals surface area contributed by atoms with Crippen molar-refractivity contribution < 1.29 is 8.78 Å². The second-order valence-electron chi connectivity index (χ2n) is 3.21. The maximum Gasteiger partial charge on any atom is 0.215 e. The van der Waals surface area contributed by atoms with Crippen LogP contribution in [0.3, 0.4) is 0 Å². The standard InChI is InChI=1S/C10H10F2N4/c1-7(15-6-13)16(2)5-8-4-14-10(12)3-9(8)11/h3-4H,5H2,1-2H3. The lowest BCUT2D eigenvalue weighted by Crippen LogP contribution is -2.24. The van der Waals surface area contributed by atoms with Crippen LogP contribution in [0.1, 0.15) is 12.5 Å². The monoisotopic (exact) mass is 224 g/mol. The van der Waals surface area contributed by atoms with Crippen molar-refractivity contribution in [2.45, 2.75) is 13.5 Å². The SMILES string of the molecule is CC(=NC#N)N(C)Cc1cnc(F)cc1F. The maximum absolute atomic E-state index is 13.2. The van der Waals surface area contributed by atoms with Crippen molar-refractivity contribution in [1.29, 1.82) is 5.26 Å². The summed E-state index contributed by atoms with van der Waals surface area (Å²) in [6.07, 6.45) is 2.76. The number of pyridine rings is 1. The highest BCUT2D eigenvalue weighted by Gasteiger charge is 2.08. The number of hydrogen-bond acceptors (Lipinski definition) is 3. The Kier molecular flexibility index (Phi) is 3.89. The van der Waals surface area contributed by atoms with Crippen LogP contribution in [0.4, 0.5) is 8.78 Å². The van der Waals surface area contributed by atoms with Gasteiger partial charge >= 0.3 is 0 Å². The van der Waals surface area contributed by atoms with Crippen LogP contribution >= 0.6 is 0 Å². The van der Waals surface area contributed by atoms with Gasteiger partial charge in [0.15, 0.2) is 0 Å². The van der Waals surface area contributed by atoms with Crippen LogP contribution in [0.2, 0.25) is 0 Å². The Bertz CT molecular complexity index is 451. The minimum atomic E-state index is -0.855. The molecule has 0 bridgehead atoms. The summed E-state index contributed by atoms with van der Waals surface area (Å²) in [5.74, 6) is -1.07. The van der Waals surface area contributed by atoms with Gasteiger partial charge in [0.05, 0.1) is 0 Å². The van der Waals surface area contributed by atoms with Crippen LogP contribution in [0, 0.1) is 23.2 Å². The predicted octanol–water partition coefficient (Wildman–Crippen LogP) is 1.69. The smallest absolute Gasteiger partial charge is 0.215 e. The van der Waals surface area contributed by atoms with E-state index in [9.17, 15) is 8.78 Å². The number of nitriles is 1. The van der Waals surface area contributed by atoms with E-state index >= 15 is 0 Å². The minimum Gasteiger partial charge on any atom is -0.358 e. The van der Waals surface area contributed by atoms with Gasteiger partial charge in [-0.05, 0) is 6.92 Å². The molecule has 1 aromatic heterocycles. The first kappa shape index (κ1) is 12.0. The van der Waals surface area contributed by atoms with E-state index in [-0.39, 0.29) is 12.1 Å². The topological polar surface area (TPSA) is 52.3 Å². The van der Waals surface area contributed by atoms with E-state index in [0.717, 1.165) is 12.3 Å². The summed E-state index contributed by atoms with van der Waals surface area (Å²) in [6.45, 7) is 1.80. The summed E-state index contributed by atoms with van der Waals surface area (Å²) >= 11 is 0. The zero-order valence-electron chi connectivity index (χ0n) is 8.91. The van der Waals surface area contributed by atoms with E-state index in [4.69, 9.17) is 5.26 Å². The van der Waals surface area contributed by atoms with Crippen molar-refractivity contribution >= 4 is 5.84 Å². The molecule has 16 heavy (non-hydrogen) atoms. The van der Waals surface area contributed by atoms with Crippen molar-refractivity contribution in [3.8, 4) is 6.19 Å². The average molecular weight is 224 g/mol. The quantitative estimate of drug-likeness (QED) is 0.332. The summed E-state index contributed by atoms with van der Waals surface area (Å²) in [7, 11) is 1.65. The Balaban J connectivity index is 2.82. The van der Waals surface area contributed by atoms with E-state index in [1.807, 2.05) is 0 Å². The van der Waals surface area contributed by atoms with Crippen LogP contribution in [0.15, 0.2) is 17.3 Å². The molecule has 0 radical (unpaired) electrons. The largest absolute Gasteiger partial charge is 0.358 e. The van der Waals surface area contributed by atoms with E-state index in [1.54, 1.807) is 25.1 Å². The average Bonchev–Trinajstić information content (AvgIpc) is 2.22. The number of hydrogen-bond donors (Lipinski definition) is 0. The third kappa shape index (κ3) is 2.98. The second kappa shape index (κ2) is 5.16. The van der Waals surface area contributed by atoms with Gasteiger partial charge < -0.3 is 4.90 Å². The van der Waals surface area contributed by atoms with E-state index < -0.39 is 11.8 Å². The van der Waals surface area contributed by atoms with Gasteiger partial charge in [-0.1, -0.05) is 0 Å². The molecule has 0 aliphatic heterocycles. The molecule has 84 valence electrons. The molecule has 0 aliphatic carbocycles. The van der Waals surface area contributed by atoms with E-state index in [1.165, 1.54) is 0 Å². The Morgan fingerprint density at radius 1 is 1.62 bits per heavy atom. The minimum absolute atomic E-state index is 0.177. The first-order valence-electron chi connectivity index (χ1n) is 4.49. The van der Waals surface area contributed by atoms with Crippen molar-refractivity contribution in [3.63, 3.8) is 0 Å². The third-order valence-corrected chi connectivity index (χ3v) is 2.07. The molecule has 0 unspecified atom stereocenters. The first-order chi connectivity index (χ1) is 7.54. The van der Waals surface area contributed by atoms with Crippen LogP contribution in [0.5, 0.6) is 0 Å². The van der Waals surface area contributed by atoms with E-state index in [2.05, 4.69) is 9.98 Å². The molecule has 0 saturated heterocycles. The van der Waals surface area contributed by atoms with Crippen molar-refractivity contribution in [1.82, 2.24) is 9.88 Å². The zero-order chi connectivity index (χ0) is 12.1. The molecule has 0 fully saturated rings. The molecule has 0 atom stereocenters. The number of aromatic nitrogens is 1. The van der Waals surface area contributed by atoms with Crippen molar-refractivity contribution in [2.75, 3.05) is 7.05 Å². The Labute approximate surface area is 91.9 Å². The Morgan fingerprint density at radius 3 is 2.88 bits per heavy atom. The van der Waals surface area contributed by atoms with E-state index in [0.29, 0.717) is 5.84 Å². The van der Waals surface area contributed by atoms with Crippen molar-refractivity contribution in [3.05, 3.63) is 29.6 Å². The van der Waals surface area contributed by atoms with Gasteiger partial charge in [-0.25, -0.2) is 9.37 Å². The molecule has 1 rings (SSSR count). The summed E-state index contributed by atoms with van der Waals surface area (Å²) in [5.41, 5.74) is 0.247. The van der Waals surface area contributed by atoms with Gasteiger partial charge in [0.1, 0.15) is 11.7 Å². The number of amidine groups is 1. The maximum atomic E-state index is 13.2. The summed E-state index contributed by atoms with van der Waals surface area (Å²) < 4.78 is 25.8. The summed E-state index contributed by atoms with van der Waals surface area (Å²) in [5, 5.41) is 8.34. The first-order valence-corrected chi connectivity index (χ1v) is 4.49. The van der Waals surface area contributed by atoms with Crippen LogP contribution in [0.25, 0.3) is 0 Å². The van der Waals surface area contributed by atoms with Gasteiger partial charge in [-0.15, -0.1) is 0 Å². The highest BCUT2D eigenvalue weighted by atomic mass is 19.1. The Morgan fingerprint density at radius 2 is 2.31 bits per heavy atom. The highest BCUT2D eigenvalue weighted by Crippen LogP contribution is 2.09. The lowest BCUT2D eigenvalue weighted by molar-refractivity contribution is 0.468. The Hall–Kier alpha value is -2.03. The number of nitrogens with zero attached hydrogens (tertiary/aromatic N) is 4. The number of aliphatic imine (C=N–C) groups is 1. The fourth-order valence-electron chi connectivity index (χ4n) is 1.08. The van der Waals surface area contributed by atoms with Crippen molar-refractivity contribution in [2.24, 2.45) is 4.99 Å². The lowest BCUT2D eigenvalue weighted by atomic mass is 10.2. The molecule has 1 heterocycles. The molecule has 0 aromatic carbocycles. The number of rotatable bonds is 2. The highest BCUT2D eigenvalue weighted by molar-refractivity contribution is 5.80. The normalized spacial score (nSPS) is 11.1. The molecule has 6 heteroatoms. The molecule has 0 amide bonds. The summed E-state index contributed by atoms with van der Waals surface area (Å²) in [4.78, 5) is 8.43. The molecule has 0 saturated carbocycles. The predicted molar refractivity (Wildman–Crippen MR) is 54.3 cm³/mol. The molecule has 0 N–H and O–H groups in total. The van der Waals surface area contributed by atoms with Gasteiger partial charge in [-0.3, -0.25) is 0 Å². The van der Waals surface area contributed by atoms with Gasteiger partial charge in [0.2, 0.25) is 12.1 Å². The molecule has 0 spiro atoms. The second-order valence-corrected chi connectivity index (χ2v) is 3.21. The van der Waals surface area contributed by atoms with Crippen LogP contribution in [-0.2, 0) is 6.54 Å². The van der Waals surface area contributed by atoms with Crippen LogP contribution in [-0.4, -0.2) is 22.8 Å². The van der Waals surface area contributed by atoms with Gasteiger partial charge in [0, 0.05) is 31.4 Å². The lowest BCUT2D eigenvalue weighted by Gasteiger charge is -2.17. The van der Waals surface area contributed by atoms with Crippen LogP contribution < -0.4 is 0 Å². The molecule has 0 aliphatic rings. The fourth-order valence-corrected chi connectivity index (χ4v) is 1.08. The zero-order valence-corrected chi connectivity index (χ0v) is 8.91. The molecular weight excluding hydrogens is 214 g/mol. The third-order valence-electron chi connectivity index (χ3n) is 2.07. The van der Waals surface area contributed by atoms with Gasteiger partial charge in [0.25, 0.3) is 0 Å². The van der Waals surface area contributed by atoms with Gasteiger partial charge in [-0.2, -0.15) is 14.6 Å². The summed E-state index contributed by atoms with van der Waals surface area (Å²) in [6, 6.07) is 0.722. The molecule has 4 nitrogen and oxygen atoms in total. The molecule has 1 aromatic rings.